The lowest BCUT2D eigenvalue weighted by atomic mass is 9.89. The second-order valence-corrected chi connectivity index (χ2v) is 9.46. The lowest BCUT2D eigenvalue weighted by molar-refractivity contribution is -0.138. The number of nitrogens with two attached hydrogens (primary N) is 1. The van der Waals surface area contributed by atoms with E-state index in [1.54, 1.807) is 13.8 Å². The second-order valence-electron chi connectivity index (χ2n) is 9.46. The predicted molar refractivity (Wildman–Crippen MR) is 134 cm³/mol. The zero-order valence-corrected chi connectivity index (χ0v) is 20.3. The molecule has 4 N–H and O–H groups in total. The highest BCUT2D eigenvalue weighted by Crippen LogP contribution is 2.29. The van der Waals surface area contributed by atoms with Gasteiger partial charge >= 0.3 is 0 Å². The van der Waals surface area contributed by atoms with E-state index in [2.05, 4.69) is 10.3 Å². The molecule has 8 heteroatoms. The van der Waals surface area contributed by atoms with E-state index in [1.807, 2.05) is 47.5 Å². The molecule has 0 bridgehead atoms. The quantitative estimate of drug-likeness (QED) is 0.493. The molecule has 0 aliphatic carbocycles. The number of para-hydroxylation sites is 1. The van der Waals surface area contributed by atoms with E-state index >= 15 is 0 Å². The molecule has 1 aromatic heterocycles. The van der Waals surface area contributed by atoms with Crippen LogP contribution in [0, 0.1) is 5.82 Å². The van der Waals surface area contributed by atoms with Crippen molar-refractivity contribution >= 4 is 35.1 Å². The first-order valence-electron chi connectivity index (χ1n) is 11.4. The number of hydrogen-bond donors (Lipinski definition) is 3. The maximum Gasteiger partial charge on any atom is 0.245 e. The molecule has 1 saturated heterocycles. The molecule has 0 spiro atoms. The summed E-state index contributed by atoms with van der Waals surface area (Å²) in [4.78, 5) is 31.3. The highest BCUT2D eigenvalue weighted by Gasteiger charge is 2.33. The fourth-order valence-electron chi connectivity index (χ4n) is 4.45. The van der Waals surface area contributed by atoms with Crippen LogP contribution in [-0.4, -0.2) is 46.4 Å². The van der Waals surface area contributed by atoms with Crippen LogP contribution in [0.1, 0.15) is 43.7 Å². The molecular weight excluding hydrogens is 455 g/mol. The Morgan fingerprint density at radius 1 is 1.15 bits per heavy atom. The number of aromatic nitrogens is 1. The van der Waals surface area contributed by atoms with Gasteiger partial charge in [0.05, 0.1) is 5.54 Å². The summed E-state index contributed by atoms with van der Waals surface area (Å²) >= 11 is 0. The monoisotopic (exact) mass is 486 g/mol. The minimum atomic E-state index is -1.09. The van der Waals surface area contributed by atoms with Crippen LogP contribution in [0.15, 0.2) is 54.7 Å². The number of carbonyl (C=O) groups excluding carboxylic acids is 2. The topological polar surface area (TPSA) is 91.2 Å². The lowest BCUT2D eigenvalue weighted by Gasteiger charge is -2.35. The maximum absolute atomic E-state index is 13.5. The predicted octanol–water partition coefficient (Wildman–Crippen LogP) is 3.90. The van der Waals surface area contributed by atoms with E-state index in [-0.39, 0.29) is 30.0 Å². The van der Waals surface area contributed by atoms with Crippen molar-refractivity contribution in [1.29, 1.82) is 0 Å². The summed E-state index contributed by atoms with van der Waals surface area (Å²) < 4.78 is 13.3. The van der Waals surface area contributed by atoms with Crippen LogP contribution < -0.4 is 11.1 Å². The highest BCUT2D eigenvalue weighted by molar-refractivity contribution is 5.92. The number of hydrogen-bond acceptors (Lipinski definition) is 3. The van der Waals surface area contributed by atoms with Crippen molar-refractivity contribution in [2.75, 3.05) is 13.1 Å². The number of nitrogens with one attached hydrogen (secondary N) is 2. The van der Waals surface area contributed by atoms with Crippen molar-refractivity contribution < 1.29 is 14.0 Å². The Bertz CT molecular complexity index is 1130. The third kappa shape index (κ3) is 5.77. The van der Waals surface area contributed by atoms with Crippen molar-refractivity contribution in [2.45, 2.75) is 50.6 Å². The smallest absolute Gasteiger partial charge is 0.245 e. The number of rotatable bonds is 6. The molecule has 2 heterocycles. The zero-order valence-electron chi connectivity index (χ0n) is 19.5. The fourth-order valence-corrected chi connectivity index (χ4v) is 4.45. The van der Waals surface area contributed by atoms with Gasteiger partial charge in [0.25, 0.3) is 0 Å². The minimum absolute atomic E-state index is 0. The fraction of sp³-hybridized carbons (Fsp3) is 0.385. The van der Waals surface area contributed by atoms with Gasteiger partial charge in [-0.2, -0.15) is 0 Å². The summed E-state index contributed by atoms with van der Waals surface area (Å²) in [6.07, 6.45) is 3.87. The molecule has 0 radical (unpaired) electrons. The Balaban J connectivity index is 0.00000324. The Morgan fingerprint density at radius 3 is 2.44 bits per heavy atom. The molecule has 0 unspecified atom stereocenters. The molecule has 1 atom stereocenters. The Labute approximate surface area is 205 Å². The van der Waals surface area contributed by atoms with Gasteiger partial charge in [0.15, 0.2) is 0 Å². The maximum atomic E-state index is 13.5. The van der Waals surface area contributed by atoms with E-state index < -0.39 is 11.6 Å². The summed E-state index contributed by atoms with van der Waals surface area (Å²) in [5.74, 6) is -0.415. The summed E-state index contributed by atoms with van der Waals surface area (Å²) in [5, 5.41) is 3.93. The number of piperidine rings is 1. The van der Waals surface area contributed by atoms with Gasteiger partial charge in [0, 0.05) is 36.6 Å². The number of halogens is 2. The minimum Gasteiger partial charge on any atom is -0.361 e. The summed E-state index contributed by atoms with van der Waals surface area (Å²) in [6, 6.07) is 13.8. The highest BCUT2D eigenvalue weighted by atomic mass is 35.5. The van der Waals surface area contributed by atoms with Crippen LogP contribution in [0.3, 0.4) is 0 Å². The van der Waals surface area contributed by atoms with Gasteiger partial charge in [-0.05, 0) is 61.9 Å². The van der Waals surface area contributed by atoms with Crippen LogP contribution in [-0.2, 0) is 16.0 Å². The molecular formula is C26H32ClFN4O2. The van der Waals surface area contributed by atoms with E-state index in [9.17, 15) is 14.0 Å². The second kappa shape index (κ2) is 10.6. The lowest BCUT2D eigenvalue weighted by Crippen LogP contribution is -2.57. The van der Waals surface area contributed by atoms with Crippen molar-refractivity contribution in [3.8, 4) is 0 Å². The molecule has 34 heavy (non-hydrogen) atoms. The van der Waals surface area contributed by atoms with Crippen LogP contribution >= 0.6 is 12.4 Å². The van der Waals surface area contributed by atoms with Gasteiger partial charge < -0.3 is 20.9 Å². The van der Waals surface area contributed by atoms with Crippen LogP contribution in [0.25, 0.3) is 10.9 Å². The molecule has 0 saturated carbocycles. The first-order valence-corrected chi connectivity index (χ1v) is 11.4. The number of aromatic amines is 1. The molecule has 182 valence electrons. The van der Waals surface area contributed by atoms with Gasteiger partial charge in [-0.3, -0.25) is 9.59 Å². The molecule has 2 aromatic carbocycles. The Morgan fingerprint density at radius 2 is 1.79 bits per heavy atom. The van der Waals surface area contributed by atoms with Crippen LogP contribution in [0.5, 0.6) is 0 Å². The molecule has 1 aliphatic heterocycles. The zero-order chi connectivity index (χ0) is 23.6. The van der Waals surface area contributed by atoms with Crippen molar-refractivity contribution in [1.82, 2.24) is 15.2 Å². The first-order chi connectivity index (χ1) is 15.7. The molecule has 1 aliphatic rings. The molecule has 1 fully saturated rings. The number of nitrogens with zero attached hydrogens (tertiary/aromatic N) is 1. The van der Waals surface area contributed by atoms with E-state index in [0.717, 1.165) is 34.9 Å². The van der Waals surface area contributed by atoms with Gasteiger partial charge in [0.1, 0.15) is 11.9 Å². The standard InChI is InChI=1S/C26H31FN4O2.ClH/c1-26(2,28)25(33)30-23(15-19-16-29-22-6-4-3-5-21(19)22)24(32)31-13-11-18(12-14-31)17-7-9-20(27)10-8-17;/h3-10,16,18,23,29H,11-15,28H2,1-2H3,(H,30,33);1H/t23-;/m1./s1. The van der Waals surface area contributed by atoms with E-state index in [0.29, 0.717) is 25.4 Å². The normalized spacial score (nSPS) is 15.6. The molecule has 6 nitrogen and oxygen atoms in total. The van der Waals surface area contributed by atoms with Crippen LogP contribution in [0.2, 0.25) is 0 Å². The third-order valence-corrected chi connectivity index (χ3v) is 6.44. The van der Waals surface area contributed by atoms with Gasteiger partial charge in [0.2, 0.25) is 11.8 Å². The SMILES string of the molecule is CC(C)(N)C(=O)N[C@H](Cc1c[nH]c2ccccc12)C(=O)N1CCC(c2ccc(F)cc2)CC1.Cl. The van der Waals surface area contributed by atoms with Gasteiger partial charge in [-0.25, -0.2) is 4.39 Å². The molecule has 2 amide bonds. The van der Waals surface area contributed by atoms with Crippen molar-refractivity contribution in [3.63, 3.8) is 0 Å². The average molecular weight is 487 g/mol. The number of H-pyrrole nitrogens is 1. The van der Waals surface area contributed by atoms with Crippen molar-refractivity contribution in [3.05, 3.63) is 71.7 Å². The number of amides is 2. The number of likely N-dealkylation sites (tertiary alicyclic amines) is 1. The summed E-state index contributed by atoms with van der Waals surface area (Å²) in [6.45, 7) is 4.44. The van der Waals surface area contributed by atoms with Gasteiger partial charge in [-0.1, -0.05) is 30.3 Å². The number of carbonyl (C=O) groups is 2. The Hall–Kier alpha value is -2.90. The van der Waals surface area contributed by atoms with Gasteiger partial charge in [-0.15, -0.1) is 12.4 Å². The molecule has 3 aromatic rings. The number of fused-ring (bicyclic) bond motifs is 1. The Kier molecular flexibility index (Phi) is 8.00. The number of benzene rings is 2. The third-order valence-electron chi connectivity index (χ3n) is 6.44. The van der Waals surface area contributed by atoms with E-state index in [1.165, 1.54) is 12.1 Å². The van der Waals surface area contributed by atoms with Crippen LogP contribution in [0.4, 0.5) is 4.39 Å². The largest absolute Gasteiger partial charge is 0.361 e. The first kappa shape index (κ1) is 25.7. The van der Waals surface area contributed by atoms with E-state index in [4.69, 9.17) is 5.73 Å². The average Bonchev–Trinajstić information content (AvgIpc) is 3.21. The molecule has 4 rings (SSSR count). The van der Waals surface area contributed by atoms with Crippen molar-refractivity contribution in [2.24, 2.45) is 5.73 Å². The summed E-state index contributed by atoms with van der Waals surface area (Å²) in [5.41, 5.74) is 7.96. The summed E-state index contributed by atoms with van der Waals surface area (Å²) in [7, 11) is 0.